The third-order valence-corrected chi connectivity index (χ3v) is 5.15. The second-order valence-corrected chi connectivity index (χ2v) is 7.50. The van der Waals surface area contributed by atoms with Crippen LogP contribution in [0.5, 0.6) is 11.5 Å². The molecule has 0 saturated carbocycles. The summed E-state index contributed by atoms with van der Waals surface area (Å²) < 4.78 is 11.1. The lowest BCUT2D eigenvalue weighted by Crippen LogP contribution is -2.28. The van der Waals surface area contributed by atoms with Crippen molar-refractivity contribution in [1.29, 1.82) is 0 Å². The fourth-order valence-electron chi connectivity index (χ4n) is 3.55. The lowest BCUT2D eigenvalue weighted by atomic mass is 10.0. The van der Waals surface area contributed by atoms with Gasteiger partial charge in [-0.2, -0.15) is 0 Å². The van der Waals surface area contributed by atoms with E-state index in [-0.39, 0.29) is 24.2 Å². The molecule has 1 N–H and O–H groups in total. The third-order valence-electron chi connectivity index (χ3n) is 5.15. The van der Waals surface area contributed by atoms with E-state index in [0.29, 0.717) is 37.2 Å². The summed E-state index contributed by atoms with van der Waals surface area (Å²) in [6.45, 7) is 5.60. The highest BCUT2D eigenvalue weighted by Crippen LogP contribution is 2.36. The Morgan fingerprint density at radius 3 is 2.68 bits per heavy atom. The average molecular weight is 380 g/mol. The first-order valence-electron chi connectivity index (χ1n) is 9.62. The van der Waals surface area contributed by atoms with Crippen molar-refractivity contribution in [3.63, 3.8) is 0 Å². The third kappa shape index (κ3) is 3.67. The Bertz CT molecular complexity index is 909. The molecular weight excluding hydrogens is 356 g/mol. The SMILES string of the molecule is CC(C)c1cccc(NC(=O)C2CC(=O)N(c3ccc4c(c3)OCCO4)C2)c1. The van der Waals surface area contributed by atoms with Crippen molar-refractivity contribution in [2.24, 2.45) is 5.92 Å². The van der Waals surface area contributed by atoms with Gasteiger partial charge in [-0.1, -0.05) is 26.0 Å². The standard InChI is InChI=1S/C22H24N2O4/c1-14(2)15-4-3-5-17(10-15)23-22(26)16-11-21(25)24(13-16)18-6-7-19-20(12-18)28-9-8-27-19/h3-7,10,12,14,16H,8-9,11,13H2,1-2H3,(H,23,26). The molecule has 28 heavy (non-hydrogen) atoms. The van der Waals surface area contributed by atoms with E-state index in [1.54, 1.807) is 11.0 Å². The van der Waals surface area contributed by atoms with Crippen LogP contribution in [0.15, 0.2) is 42.5 Å². The zero-order chi connectivity index (χ0) is 19.7. The van der Waals surface area contributed by atoms with Crippen molar-refractivity contribution in [2.45, 2.75) is 26.2 Å². The van der Waals surface area contributed by atoms with Gasteiger partial charge in [-0.15, -0.1) is 0 Å². The van der Waals surface area contributed by atoms with E-state index in [4.69, 9.17) is 9.47 Å². The Labute approximate surface area is 164 Å². The molecule has 4 rings (SSSR count). The van der Waals surface area contributed by atoms with E-state index in [9.17, 15) is 9.59 Å². The predicted molar refractivity (Wildman–Crippen MR) is 107 cm³/mol. The molecule has 0 aliphatic carbocycles. The summed E-state index contributed by atoms with van der Waals surface area (Å²) in [6, 6.07) is 13.3. The zero-order valence-electron chi connectivity index (χ0n) is 16.1. The predicted octanol–water partition coefficient (Wildman–Crippen LogP) is 3.57. The van der Waals surface area contributed by atoms with Gasteiger partial charge in [-0.05, 0) is 35.7 Å². The second kappa shape index (κ2) is 7.54. The van der Waals surface area contributed by atoms with Crippen molar-refractivity contribution in [2.75, 3.05) is 30.0 Å². The fourth-order valence-corrected chi connectivity index (χ4v) is 3.55. The first-order chi connectivity index (χ1) is 13.5. The molecule has 146 valence electrons. The second-order valence-electron chi connectivity index (χ2n) is 7.50. The molecule has 2 amide bonds. The van der Waals surface area contributed by atoms with Crippen LogP contribution in [-0.2, 0) is 9.59 Å². The number of hydrogen-bond acceptors (Lipinski definition) is 4. The molecule has 2 aliphatic heterocycles. The van der Waals surface area contributed by atoms with Crippen LogP contribution in [0.1, 0.15) is 31.7 Å². The minimum atomic E-state index is -0.386. The largest absolute Gasteiger partial charge is 0.486 e. The van der Waals surface area contributed by atoms with Crippen LogP contribution < -0.4 is 19.7 Å². The van der Waals surface area contributed by atoms with Gasteiger partial charge in [0.05, 0.1) is 5.92 Å². The summed E-state index contributed by atoms with van der Waals surface area (Å²) in [5.74, 6) is 1.12. The average Bonchev–Trinajstić information content (AvgIpc) is 3.09. The van der Waals surface area contributed by atoms with Crippen molar-refractivity contribution >= 4 is 23.2 Å². The number of rotatable bonds is 4. The fraction of sp³-hybridized carbons (Fsp3) is 0.364. The molecule has 2 aromatic rings. The number of amides is 2. The van der Waals surface area contributed by atoms with Crippen LogP contribution >= 0.6 is 0 Å². The smallest absolute Gasteiger partial charge is 0.229 e. The molecule has 6 heteroatoms. The van der Waals surface area contributed by atoms with Gasteiger partial charge in [-0.3, -0.25) is 9.59 Å². The molecule has 1 saturated heterocycles. The minimum Gasteiger partial charge on any atom is -0.486 e. The van der Waals surface area contributed by atoms with Gasteiger partial charge in [-0.25, -0.2) is 0 Å². The number of hydrogen-bond donors (Lipinski definition) is 1. The summed E-state index contributed by atoms with van der Waals surface area (Å²) in [7, 11) is 0. The Kier molecular flexibility index (Phi) is 4.94. The van der Waals surface area contributed by atoms with Crippen LogP contribution in [0.25, 0.3) is 0 Å². The maximum Gasteiger partial charge on any atom is 0.229 e. The Morgan fingerprint density at radius 1 is 1.11 bits per heavy atom. The van der Waals surface area contributed by atoms with Gasteiger partial charge in [0.15, 0.2) is 11.5 Å². The van der Waals surface area contributed by atoms with Gasteiger partial charge < -0.3 is 19.7 Å². The highest BCUT2D eigenvalue weighted by Gasteiger charge is 2.35. The summed E-state index contributed by atoms with van der Waals surface area (Å²) in [6.07, 6.45) is 0.199. The van der Waals surface area contributed by atoms with Crippen LogP contribution in [0.3, 0.4) is 0 Å². The number of carbonyl (C=O) groups is 2. The number of benzene rings is 2. The van der Waals surface area contributed by atoms with Crippen molar-refractivity contribution < 1.29 is 19.1 Å². The first kappa shape index (κ1) is 18.3. The number of fused-ring (bicyclic) bond motifs is 1. The molecule has 1 unspecified atom stereocenters. The molecule has 1 fully saturated rings. The number of ether oxygens (including phenoxy) is 2. The summed E-state index contributed by atoms with van der Waals surface area (Å²) >= 11 is 0. The van der Waals surface area contributed by atoms with Crippen molar-refractivity contribution in [1.82, 2.24) is 0 Å². The Balaban J connectivity index is 1.46. The summed E-state index contributed by atoms with van der Waals surface area (Å²) in [4.78, 5) is 26.9. The lowest BCUT2D eigenvalue weighted by Gasteiger charge is -2.22. The maximum atomic E-state index is 12.7. The van der Waals surface area contributed by atoms with E-state index in [0.717, 1.165) is 11.4 Å². The van der Waals surface area contributed by atoms with E-state index in [1.807, 2.05) is 36.4 Å². The normalized spacial score (nSPS) is 18.5. The topological polar surface area (TPSA) is 67.9 Å². The molecule has 0 radical (unpaired) electrons. The molecule has 2 aliphatic rings. The highest BCUT2D eigenvalue weighted by molar-refractivity contribution is 6.03. The van der Waals surface area contributed by atoms with Gasteiger partial charge in [0, 0.05) is 30.4 Å². The van der Waals surface area contributed by atoms with Crippen LogP contribution in [0.4, 0.5) is 11.4 Å². The van der Waals surface area contributed by atoms with Crippen molar-refractivity contribution in [3.8, 4) is 11.5 Å². The molecule has 2 aromatic carbocycles. The van der Waals surface area contributed by atoms with Crippen molar-refractivity contribution in [3.05, 3.63) is 48.0 Å². The highest BCUT2D eigenvalue weighted by atomic mass is 16.6. The summed E-state index contributed by atoms with van der Waals surface area (Å²) in [5, 5.41) is 2.96. The lowest BCUT2D eigenvalue weighted by molar-refractivity contribution is -0.122. The number of nitrogens with zero attached hydrogens (tertiary/aromatic N) is 1. The van der Waals surface area contributed by atoms with E-state index in [2.05, 4.69) is 19.2 Å². The molecule has 0 spiro atoms. The van der Waals surface area contributed by atoms with Gasteiger partial charge in [0.2, 0.25) is 11.8 Å². The van der Waals surface area contributed by atoms with E-state index < -0.39 is 0 Å². The molecule has 1 atom stereocenters. The van der Waals surface area contributed by atoms with Gasteiger partial charge in [0.25, 0.3) is 0 Å². The Morgan fingerprint density at radius 2 is 1.89 bits per heavy atom. The van der Waals surface area contributed by atoms with E-state index in [1.165, 1.54) is 5.56 Å². The van der Waals surface area contributed by atoms with Crippen LogP contribution in [0, 0.1) is 5.92 Å². The first-order valence-corrected chi connectivity index (χ1v) is 9.62. The number of carbonyl (C=O) groups excluding carboxylic acids is 2. The zero-order valence-corrected chi connectivity index (χ0v) is 16.1. The van der Waals surface area contributed by atoms with Gasteiger partial charge >= 0.3 is 0 Å². The van der Waals surface area contributed by atoms with Gasteiger partial charge in [0.1, 0.15) is 13.2 Å². The molecule has 0 aromatic heterocycles. The van der Waals surface area contributed by atoms with Crippen LogP contribution in [0.2, 0.25) is 0 Å². The summed E-state index contributed by atoms with van der Waals surface area (Å²) in [5.41, 5.74) is 2.66. The molecular formula is C22H24N2O4. The monoisotopic (exact) mass is 380 g/mol. The number of anilines is 2. The van der Waals surface area contributed by atoms with Crippen LogP contribution in [-0.4, -0.2) is 31.6 Å². The van der Waals surface area contributed by atoms with E-state index >= 15 is 0 Å². The number of nitrogens with one attached hydrogen (secondary N) is 1. The quantitative estimate of drug-likeness (QED) is 0.880. The Hall–Kier alpha value is -3.02. The minimum absolute atomic E-state index is 0.0623. The molecule has 2 heterocycles. The maximum absolute atomic E-state index is 12.7. The molecule has 0 bridgehead atoms. The molecule has 6 nitrogen and oxygen atoms in total.